The normalized spacial score (nSPS) is 12.5. The van der Waals surface area contributed by atoms with Gasteiger partial charge in [-0.1, -0.05) is 51.8 Å². The van der Waals surface area contributed by atoms with Gasteiger partial charge in [0.25, 0.3) is 0 Å². The molecule has 0 bridgehead atoms. The molecule has 0 aliphatic carbocycles. The SMILES string of the molecule is Fc1ccc(C(Br)c2ccccc2Cl)cc1F. The summed E-state index contributed by atoms with van der Waals surface area (Å²) >= 11 is 9.47. The van der Waals surface area contributed by atoms with Crippen LogP contribution in [0.2, 0.25) is 5.02 Å². The van der Waals surface area contributed by atoms with Crippen molar-refractivity contribution in [3.63, 3.8) is 0 Å². The van der Waals surface area contributed by atoms with Crippen LogP contribution in [0.5, 0.6) is 0 Å². The molecule has 88 valence electrons. The maximum absolute atomic E-state index is 13.1. The van der Waals surface area contributed by atoms with Crippen LogP contribution in [0.25, 0.3) is 0 Å². The Balaban J connectivity index is 2.40. The van der Waals surface area contributed by atoms with Crippen LogP contribution in [0.3, 0.4) is 0 Å². The summed E-state index contributed by atoms with van der Waals surface area (Å²) in [4.78, 5) is -0.258. The molecule has 1 unspecified atom stereocenters. The van der Waals surface area contributed by atoms with E-state index >= 15 is 0 Å². The third-order valence-corrected chi connectivity index (χ3v) is 3.78. The van der Waals surface area contributed by atoms with Crippen LogP contribution in [-0.4, -0.2) is 0 Å². The first-order valence-electron chi connectivity index (χ1n) is 4.93. The number of alkyl halides is 1. The Bertz CT molecular complexity index is 543. The molecule has 4 heteroatoms. The van der Waals surface area contributed by atoms with Crippen molar-refractivity contribution in [3.8, 4) is 0 Å². The monoisotopic (exact) mass is 316 g/mol. The van der Waals surface area contributed by atoms with Gasteiger partial charge >= 0.3 is 0 Å². The zero-order chi connectivity index (χ0) is 12.4. The van der Waals surface area contributed by atoms with Crippen LogP contribution < -0.4 is 0 Å². The summed E-state index contributed by atoms with van der Waals surface area (Å²) in [6, 6.07) is 11.1. The molecule has 17 heavy (non-hydrogen) atoms. The van der Waals surface area contributed by atoms with Crippen LogP contribution in [0, 0.1) is 11.6 Å². The number of benzene rings is 2. The van der Waals surface area contributed by atoms with Crippen molar-refractivity contribution in [2.24, 2.45) is 0 Å². The molecule has 0 spiro atoms. The third-order valence-electron chi connectivity index (χ3n) is 2.41. The highest BCUT2D eigenvalue weighted by molar-refractivity contribution is 9.09. The largest absolute Gasteiger partial charge is 0.204 e. The molecule has 2 aromatic rings. The molecule has 2 rings (SSSR count). The molecule has 0 aliphatic heterocycles. The number of rotatable bonds is 2. The van der Waals surface area contributed by atoms with Crippen LogP contribution in [0.15, 0.2) is 42.5 Å². The van der Waals surface area contributed by atoms with Gasteiger partial charge < -0.3 is 0 Å². The Hall–Kier alpha value is -0.930. The minimum Gasteiger partial charge on any atom is -0.204 e. The van der Waals surface area contributed by atoms with Gasteiger partial charge in [0, 0.05) is 5.02 Å². The molecular weight excluding hydrogens is 309 g/mol. The van der Waals surface area contributed by atoms with Crippen LogP contribution in [0.1, 0.15) is 16.0 Å². The van der Waals surface area contributed by atoms with Gasteiger partial charge in [0.05, 0.1) is 4.83 Å². The Morgan fingerprint density at radius 3 is 2.35 bits per heavy atom. The highest BCUT2D eigenvalue weighted by atomic mass is 79.9. The lowest BCUT2D eigenvalue weighted by molar-refractivity contribution is 0.507. The second-order valence-electron chi connectivity index (χ2n) is 3.56. The summed E-state index contributed by atoms with van der Waals surface area (Å²) in [7, 11) is 0. The molecular formula is C13H8BrClF2. The van der Waals surface area contributed by atoms with Crippen LogP contribution >= 0.6 is 27.5 Å². The molecule has 0 N–H and O–H groups in total. The number of hydrogen-bond acceptors (Lipinski definition) is 0. The summed E-state index contributed by atoms with van der Waals surface area (Å²) in [5, 5.41) is 0.583. The maximum atomic E-state index is 13.1. The van der Waals surface area contributed by atoms with Crippen molar-refractivity contribution in [2.45, 2.75) is 4.83 Å². The molecule has 0 fully saturated rings. The number of halogens is 4. The fourth-order valence-electron chi connectivity index (χ4n) is 1.53. The van der Waals surface area contributed by atoms with E-state index in [2.05, 4.69) is 15.9 Å². The van der Waals surface area contributed by atoms with E-state index in [1.807, 2.05) is 18.2 Å². The van der Waals surface area contributed by atoms with Gasteiger partial charge in [0.1, 0.15) is 0 Å². The lowest BCUT2D eigenvalue weighted by Gasteiger charge is -2.12. The average Bonchev–Trinajstić information content (AvgIpc) is 2.32. The first-order valence-corrected chi connectivity index (χ1v) is 6.22. The quantitative estimate of drug-likeness (QED) is 0.676. The van der Waals surface area contributed by atoms with Crippen molar-refractivity contribution in [1.29, 1.82) is 0 Å². The highest BCUT2D eigenvalue weighted by Crippen LogP contribution is 2.35. The first-order chi connectivity index (χ1) is 8.09. The molecule has 0 aromatic heterocycles. The minimum atomic E-state index is -0.862. The van der Waals surface area contributed by atoms with Crippen molar-refractivity contribution >= 4 is 27.5 Å². The fraction of sp³-hybridized carbons (Fsp3) is 0.0769. The Morgan fingerprint density at radius 2 is 1.71 bits per heavy atom. The smallest absolute Gasteiger partial charge is 0.159 e. The van der Waals surface area contributed by atoms with E-state index in [1.54, 1.807) is 6.07 Å². The molecule has 0 heterocycles. The third kappa shape index (κ3) is 2.67. The second kappa shape index (κ2) is 5.15. The standard InChI is InChI=1S/C13H8BrClF2/c14-13(9-3-1-2-4-10(9)15)8-5-6-11(16)12(17)7-8/h1-7,13H. The van der Waals surface area contributed by atoms with Gasteiger partial charge in [-0.25, -0.2) is 8.78 Å². The van der Waals surface area contributed by atoms with Gasteiger partial charge in [0.15, 0.2) is 11.6 Å². The molecule has 0 saturated carbocycles. The summed E-state index contributed by atoms with van der Waals surface area (Å²) in [5.74, 6) is -1.72. The van der Waals surface area contributed by atoms with Crippen molar-refractivity contribution in [2.75, 3.05) is 0 Å². The van der Waals surface area contributed by atoms with Gasteiger partial charge in [0.2, 0.25) is 0 Å². The Labute approximate surface area is 111 Å². The molecule has 0 aliphatic rings. The summed E-state index contributed by atoms with van der Waals surface area (Å²) in [6.07, 6.45) is 0. The van der Waals surface area contributed by atoms with Crippen LogP contribution in [-0.2, 0) is 0 Å². The van der Waals surface area contributed by atoms with Crippen LogP contribution in [0.4, 0.5) is 8.78 Å². The summed E-state index contributed by atoms with van der Waals surface area (Å²) in [6.45, 7) is 0. The predicted octanol–water partition coefficient (Wildman–Crippen LogP) is 5.10. The fourth-order valence-corrected chi connectivity index (χ4v) is 2.59. The summed E-state index contributed by atoms with van der Waals surface area (Å²) in [5.41, 5.74) is 1.44. The minimum absolute atomic E-state index is 0.258. The van der Waals surface area contributed by atoms with E-state index < -0.39 is 11.6 Å². The molecule has 0 nitrogen and oxygen atoms in total. The van der Waals surface area contributed by atoms with E-state index in [0.717, 1.165) is 17.7 Å². The predicted molar refractivity (Wildman–Crippen MR) is 68.6 cm³/mol. The second-order valence-corrected chi connectivity index (χ2v) is 4.88. The Kier molecular flexibility index (Phi) is 3.79. The molecule has 0 radical (unpaired) electrons. The van der Waals surface area contributed by atoms with E-state index in [9.17, 15) is 8.78 Å². The zero-order valence-corrected chi connectivity index (χ0v) is 11.0. The van der Waals surface area contributed by atoms with Gasteiger partial charge in [-0.05, 0) is 29.3 Å². The molecule has 1 atom stereocenters. The van der Waals surface area contributed by atoms with Crippen molar-refractivity contribution in [3.05, 3.63) is 70.2 Å². The topological polar surface area (TPSA) is 0 Å². The van der Waals surface area contributed by atoms with Gasteiger partial charge in [-0.2, -0.15) is 0 Å². The van der Waals surface area contributed by atoms with E-state index in [1.165, 1.54) is 6.07 Å². The summed E-state index contributed by atoms with van der Waals surface area (Å²) < 4.78 is 26.0. The Morgan fingerprint density at radius 1 is 1.00 bits per heavy atom. The number of hydrogen-bond donors (Lipinski definition) is 0. The molecule has 0 amide bonds. The van der Waals surface area contributed by atoms with Gasteiger partial charge in [-0.3, -0.25) is 0 Å². The van der Waals surface area contributed by atoms with Crippen molar-refractivity contribution in [1.82, 2.24) is 0 Å². The average molecular weight is 318 g/mol. The maximum Gasteiger partial charge on any atom is 0.159 e. The molecule has 2 aromatic carbocycles. The zero-order valence-electron chi connectivity index (χ0n) is 8.63. The highest BCUT2D eigenvalue weighted by Gasteiger charge is 2.15. The first kappa shape index (κ1) is 12.5. The lowest BCUT2D eigenvalue weighted by Crippen LogP contribution is -1.96. The van der Waals surface area contributed by atoms with E-state index in [4.69, 9.17) is 11.6 Å². The van der Waals surface area contributed by atoms with Gasteiger partial charge in [-0.15, -0.1) is 0 Å². The lowest BCUT2D eigenvalue weighted by atomic mass is 10.0. The van der Waals surface area contributed by atoms with E-state index in [-0.39, 0.29) is 4.83 Å². The van der Waals surface area contributed by atoms with E-state index in [0.29, 0.717) is 10.6 Å². The van der Waals surface area contributed by atoms with Crippen molar-refractivity contribution < 1.29 is 8.78 Å². The molecule has 0 saturated heterocycles.